The monoisotopic (exact) mass is 476 g/mol. The van der Waals surface area contributed by atoms with Gasteiger partial charge in [0.15, 0.2) is 0 Å². The summed E-state index contributed by atoms with van der Waals surface area (Å²) in [7, 11) is 0. The number of aliphatic carboxylic acids is 1. The first-order valence-electron chi connectivity index (χ1n) is 9.74. The van der Waals surface area contributed by atoms with Crippen molar-refractivity contribution in [3.63, 3.8) is 0 Å². The van der Waals surface area contributed by atoms with Gasteiger partial charge >= 0.3 is 18.3 Å². The molecule has 1 fully saturated rings. The smallest absolute Gasteiger partial charge is 0.416 e. The van der Waals surface area contributed by atoms with Crippen molar-refractivity contribution in [2.45, 2.75) is 55.5 Å². The van der Waals surface area contributed by atoms with Crippen LogP contribution in [0.3, 0.4) is 0 Å². The van der Waals surface area contributed by atoms with Crippen molar-refractivity contribution in [3.05, 3.63) is 29.3 Å². The molecule has 0 heterocycles. The molecule has 0 radical (unpaired) electrons. The molecule has 3 nitrogen and oxygen atoms in total. The summed E-state index contributed by atoms with van der Waals surface area (Å²) in [6.45, 7) is 0.526. The van der Waals surface area contributed by atoms with E-state index in [0.717, 1.165) is 11.8 Å². The first-order valence-corrected chi connectivity index (χ1v) is 10.7. The van der Waals surface area contributed by atoms with Crippen LogP contribution in [-0.2, 0) is 21.9 Å². The highest BCUT2D eigenvalue weighted by Gasteiger charge is 2.38. The Morgan fingerprint density at radius 1 is 1.03 bits per heavy atom. The van der Waals surface area contributed by atoms with Crippen molar-refractivity contribution in [2.24, 2.45) is 11.8 Å². The predicted molar refractivity (Wildman–Crippen MR) is 101 cm³/mol. The lowest BCUT2D eigenvalue weighted by Crippen LogP contribution is -2.22. The number of carboxylic acid groups (broad SMARTS) is 1. The van der Waals surface area contributed by atoms with E-state index >= 15 is 0 Å². The number of carbonyl (C=O) groups is 1. The van der Waals surface area contributed by atoms with Gasteiger partial charge in [0.05, 0.1) is 11.1 Å². The van der Waals surface area contributed by atoms with Gasteiger partial charge in [-0.25, -0.2) is 4.39 Å². The van der Waals surface area contributed by atoms with Crippen LogP contribution >= 0.6 is 11.8 Å². The number of rotatable bonds is 10. The summed E-state index contributed by atoms with van der Waals surface area (Å²) < 4.78 is 97.7. The van der Waals surface area contributed by atoms with Crippen molar-refractivity contribution in [2.75, 3.05) is 19.0 Å². The fourth-order valence-corrected chi connectivity index (χ4v) is 4.75. The Bertz CT molecular complexity index is 704. The molecule has 1 unspecified atom stereocenters. The number of ether oxygens (including phenoxy) is 1. The molecule has 2 rings (SSSR count). The van der Waals surface area contributed by atoms with Crippen LogP contribution in [0.2, 0.25) is 0 Å². The fraction of sp³-hybridized carbons (Fsp3) is 0.650. The largest absolute Gasteiger partial charge is 0.481 e. The maximum Gasteiger partial charge on any atom is 0.416 e. The van der Waals surface area contributed by atoms with Gasteiger partial charge in [-0.2, -0.15) is 26.3 Å². The second-order valence-electron chi connectivity index (χ2n) is 7.50. The summed E-state index contributed by atoms with van der Waals surface area (Å²) >= 11 is 0.775. The highest BCUT2D eigenvalue weighted by molar-refractivity contribution is 7.99. The molecule has 0 bridgehead atoms. The summed E-state index contributed by atoms with van der Waals surface area (Å²) in [5.74, 6) is -1.62. The van der Waals surface area contributed by atoms with Gasteiger partial charge in [0.2, 0.25) is 0 Å². The summed E-state index contributed by atoms with van der Waals surface area (Å²) in [5, 5.41) is 8.57. The molecule has 1 aliphatic rings. The highest BCUT2D eigenvalue weighted by atomic mass is 32.2. The normalized spacial score (nSPS) is 22.1. The van der Waals surface area contributed by atoms with Crippen LogP contribution in [0.15, 0.2) is 23.1 Å². The Kier molecular flexibility index (Phi) is 9.05. The average Bonchev–Trinajstić information content (AvgIpc) is 3.00. The fourth-order valence-electron chi connectivity index (χ4n) is 3.46. The van der Waals surface area contributed by atoms with E-state index in [-0.39, 0.29) is 42.1 Å². The zero-order valence-corrected chi connectivity index (χ0v) is 17.3. The zero-order valence-electron chi connectivity index (χ0n) is 16.4. The predicted octanol–water partition coefficient (Wildman–Crippen LogP) is 6.45. The molecule has 1 aromatic carbocycles. The highest BCUT2D eigenvalue weighted by Crippen LogP contribution is 2.41. The van der Waals surface area contributed by atoms with E-state index in [0.29, 0.717) is 38.0 Å². The van der Waals surface area contributed by atoms with Crippen molar-refractivity contribution in [3.8, 4) is 0 Å². The molecule has 11 heteroatoms. The molecule has 31 heavy (non-hydrogen) atoms. The number of unbranched alkanes of at least 4 members (excludes halogenated alkanes) is 1. The van der Waals surface area contributed by atoms with Gasteiger partial charge in [-0.05, 0) is 49.8 Å². The van der Waals surface area contributed by atoms with Crippen LogP contribution in [0.1, 0.15) is 43.2 Å². The maximum absolute atomic E-state index is 14.3. The van der Waals surface area contributed by atoms with Gasteiger partial charge in [-0.15, -0.1) is 11.8 Å². The zero-order chi connectivity index (χ0) is 23.2. The SMILES string of the molecule is O=C(O)CCCCOC[C@H]1CCC(F)[C@@H]1CSc1cc(C(F)(F)F)cc(C(F)(F)F)c1. The molecule has 1 aliphatic carbocycles. The number of benzene rings is 1. The Morgan fingerprint density at radius 3 is 2.19 bits per heavy atom. The lowest BCUT2D eigenvalue weighted by atomic mass is 9.98. The molecule has 0 aromatic heterocycles. The minimum absolute atomic E-state index is 0.0233. The molecule has 1 saturated carbocycles. The molecule has 0 spiro atoms. The number of thioether (sulfide) groups is 1. The van der Waals surface area contributed by atoms with Gasteiger partial charge in [0.25, 0.3) is 0 Å². The Labute approximate surface area is 179 Å². The number of hydrogen-bond donors (Lipinski definition) is 1. The van der Waals surface area contributed by atoms with Crippen molar-refractivity contribution in [1.29, 1.82) is 0 Å². The van der Waals surface area contributed by atoms with Crippen LogP contribution in [0.5, 0.6) is 0 Å². The van der Waals surface area contributed by atoms with Crippen LogP contribution in [0.4, 0.5) is 30.7 Å². The molecule has 176 valence electrons. The Morgan fingerprint density at radius 2 is 1.65 bits per heavy atom. The van der Waals surface area contributed by atoms with Gasteiger partial charge < -0.3 is 9.84 Å². The second-order valence-corrected chi connectivity index (χ2v) is 8.59. The first-order chi connectivity index (χ1) is 14.4. The Balaban J connectivity index is 1.97. The molecule has 1 N–H and O–H groups in total. The minimum Gasteiger partial charge on any atom is -0.481 e. The van der Waals surface area contributed by atoms with Gasteiger partial charge in [-0.3, -0.25) is 4.79 Å². The third-order valence-electron chi connectivity index (χ3n) is 5.15. The van der Waals surface area contributed by atoms with E-state index in [9.17, 15) is 35.5 Å². The first kappa shape index (κ1) is 25.8. The summed E-state index contributed by atoms with van der Waals surface area (Å²) in [5.41, 5.74) is -2.79. The molecule has 0 aliphatic heterocycles. The minimum atomic E-state index is -4.93. The average molecular weight is 476 g/mol. The van der Waals surface area contributed by atoms with Crippen LogP contribution in [-0.4, -0.2) is 36.2 Å². The van der Waals surface area contributed by atoms with Gasteiger partial charge in [0.1, 0.15) is 6.17 Å². The second kappa shape index (κ2) is 10.9. The van der Waals surface area contributed by atoms with E-state index < -0.39 is 41.5 Å². The summed E-state index contributed by atoms with van der Waals surface area (Å²) in [6, 6.07) is 1.37. The molecule has 1 aromatic rings. The standard InChI is InChI=1S/C20H23F7O3S/c21-17-5-4-12(10-30-6-2-1-3-18(28)29)16(17)11-31-15-8-13(19(22,23)24)7-14(9-15)20(25,26)27/h7-9,12,16-17H,1-6,10-11H2,(H,28,29)/t12-,16-,17?/m1/s1. The molecular formula is C20H23F7O3S. The van der Waals surface area contributed by atoms with Crippen molar-refractivity contribution >= 4 is 17.7 Å². The van der Waals surface area contributed by atoms with E-state index in [1.54, 1.807) is 0 Å². The Hall–Kier alpha value is -1.49. The van der Waals surface area contributed by atoms with Gasteiger partial charge in [0, 0.05) is 36.2 Å². The van der Waals surface area contributed by atoms with Crippen LogP contribution < -0.4 is 0 Å². The van der Waals surface area contributed by atoms with E-state index in [1.165, 1.54) is 0 Å². The van der Waals surface area contributed by atoms with Crippen molar-refractivity contribution < 1.29 is 45.4 Å². The molecule has 0 amide bonds. The van der Waals surface area contributed by atoms with E-state index in [1.807, 2.05) is 0 Å². The summed E-state index contributed by atoms with van der Waals surface area (Å²) in [6.07, 6.45) is -9.29. The van der Waals surface area contributed by atoms with E-state index in [2.05, 4.69) is 0 Å². The molecule has 0 saturated heterocycles. The number of carboxylic acids is 1. The molecule has 3 atom stereocenters. The third-order valence-corrected chi connectivity index (χ3v) is 6.27. The van der Waals surface area contributed by atoms with E-state index in [4.69, 9.17) is 9.84 Å². The molecular weight excluding hydrogens is 453 g/mol. The maximum atomic E-state index is 14.3. The number of halogens is 7. The third kappa shape index (κ3) is 8.17. The summed E-state index contributed by atoms with van der Waals surface area (Å²) in [4.78, 5) is 10.2. The van der Waals surface area contributed by atoms with Crippen LogP contribution in [0.25, 0.3) is 0 Å². The van der Waals surface area contributed by atoms with Crippen molar-refractivity contribution in [1.82, 2.24) is 0 Å². The van der Waals surface area contributed by atoms with Crippen LogP contribution in [0, 0.1) is 11.8 Å². The topological polar surface area (TPSA) is 46.5 Å². The number of hydrogen-bond acceptors (Lipinski definition) is 3. The quantitative estimate of drug-likeness (QED) is 0.239. The lowest BCUT2D eigenvalue weighted by Gasteiger charge is -2.21. The lowest BCUT2D eigenvalue weighted by molar-refractivity contribution is -0.143. The van der Waals surface area contributed by atoms with Gasteiger partial charge in [-0.1, -0.05) is 0 Å². The number of alkyl halides is 7.